The predicted molar refractivity (Wildman–Crippen MR) is 109 cm³/mol. The average Bonchev–Trinajstić information content (AvgIpc) is 2.98. The lowest BCUT2D eigenvalue weighted by Crippen LogP contribution is -3.05. The molecule has 1 atom stereocenters. The SMILES string of the molecule is COc1ccccc1[C@@H]1/C(=C(\O)c2ccncc2)C(=O)C(=O)N1CCC[NH+](C)C. The van der Waals surface area contributed by atoms with Crippen LogP contribution in [0.2, 0.25) is 0 Å². The van der Waals surface area contributed by atoms with E-state index in [-0.39, 0.29) is 11.3 Å². The number of amides is 1. The Morgan fingerprint density at radius 3 is 2.52 bits per heavy atom. The fourth-order valence-electron chi connectivity index (χ4n) is 3.59. The number of carbonyl (C=O) groups excluding carboxylic acids is 2. The number of aliphatic hydroxyl groups is 1. The number of aliphatic hydroxyl groups excluding tert-OH is 1. The van der Waals surface area contributed by atoms with Gasteiger partial charge in [0.1, 0.15) is 11.5 Å². The number of aromatic nitrogens is 1. The minimum atomic E-state index is -0.712. The fraction of sp³-hybridized carbons (Fsp3) is 0.318. The predicted octanol–water partition coefficient (Wildman–Crippen LogP) is 1.05. The molecule has 1 aliphatic heterocycles. The number of nitrogens with one attached hydrogen (secondary N) is 1. The number of ketones is 1. The number of Topliss-reactive ketones (excluding diaryl/α,β-unsaturated/α-hetero) is 1. The number of methoxy groups -OCH3 is 1. The molecule has 1 saturated heterocycles. The smallest absolute Gasteiger partial charge is 0.295 e. The molecule has 0 spiro atoms. The third-order valence-corrected chi connectivity index (χ3v) is 5.00. The Morgan fingerprint density at radius 1 is 1.17 bits per heavy atom. The quantitative estimate of drug-likeness (QED) is 0.415. The Labute approximate surface area is 170 Å². The molecule has 7 heteroatoms. The second-order valence-corrected chi connectivity index (χ2v) is 7.28. The van der Waals surface area contributed by atoms with E-state index in [0.29, 0.717) is 23.4 Å². The topological polar surface area (TPSA) is 84.2 Å². The number of ether oxygens (including phenoxy) is 1. The summed E-state index contributed by atoms with van der Waals surface area (Å²) in [5.41, 5.74) is 1.18. The van der Waals surface area contributed by atoms with Crippen LogP contribution >= 0.6 is 0 Å². The monoisotopic (exact) mass is 396 g/mol. The molecular formula is C22H26N3O4+. The lowest BCUT2D eigenvalue weighted by molar-refractivity contribution is -0.858. The molecule has 0 saturated carbocycles. The van der Waals surface area contributed by atoms with Crippen LogP contribution in [0.15, 0.2) is 54.4 Å². The number of hydrogen-bond donors (Lipinski definition) is 2. The molecule has 2 aromatic rings. The highest BCUT2D eigenvalue weighted by Gasteiger charge is 2.46. The molecule has 0 bridgehead atoms. The van der Waals surface area contributed by atoms with Crippen molar-refractivity contribution in [3.63, 3.8) is 0 Å². The van der Waals surface area contributed by atoms with E-state index in [9.17, 15) is 14.7 Å². The molecule has 3 rings (SSSR count). The Balaban J connectivity index is 2.13. The van der Waals surface area contributed by atoms with Gasteiger partial charge < -0.3 is 19.6 Å². The lowest BCUT2D eigenvalue weighted by atomic mass is 9.95. The highest BCUT2D eigenvalue weighted by Crippen LogP contribution is 2.42. The van der Waals surface area contributed by atoms with Gasteiger partial charge in [0, 0.05) is 36.5 Å². The van der Waals surface area contributed by atoms with Crippen molar-refractivity contribution in [1.82, 2.24) is 9.88 Å². The van der Waals surface area contributed by atoms with Crippen molar-refractivity contribution in [2.45, 2.75) is 12.5 Å². The molecule has 2 heterocycles. The maximum atomic E-state index is 12.9. The zero-order chi connectivity index (χ0) is 21.0. The average molecular weight is 396 g/mol. The van der Waals surface area contributed by atoms with E-state index in [1.54, 1.807) is 25.3 Å². The first kappa shape index (κ1) is 20.5. The summed E-state index contributed by atoms with van der Waals surface area (Å²) < 4.78 is 5.49. The van der Waals surface area contributed by atoms with Crippen LogP contribution in [-0.2, 0) is 9.59 Å². The van der Waals surface area contributed by atoms with Gasteiger partial charge in [-0.2, -0.15) is 0 Å². The van der Waals surface area contributed by atoms with Gasteiger partial charge in [-0.3, -0.25) is 14.6 Å². The number of hydrogen-bond acceptors (Lipinski definition) is 5. The summed E-state index contributed by atoms with van der Waals surface area (Å²) in [5.74, 6) is -0.941. The highest BCUT2D eigenvalue weighted by molar-refractivity contribution is 6.46. The van der Waals surface area contributed by atoms with Crippen LogP contribution in [0.1, 0.15) is 23.6 Å². The van der Waals surface area contributed by atoms with E-state index in [0.717, 1.165) is 13.0 Å². The van der Waals surface area contributed by atoms with Gasteiger partial charge in [-0.1, -0.05) is 18.2 Å². The number of para-hydroxylation sites is 1. The van der Waals surface area contributed by atoms with Crippen LogP contribution in [-0.4, -0.2) is 61.0 Å². The molecule has 7 nitrogen and oxygen atoms in total. The van der Waals surface area contributed by atoms with Gasteiger partial charge in [-0.15, -0.1) is 0 Å². The first-order valence-electron chi connectivity index (χ1n) is 9.56. The van der Waals surface area contributed by atoms with Crippen molar-refractivity contribution in [2.24, 2.45) is 0 Å². The van der Waals surface area contributed by atoms with Crippen LogP contribution in [0, 0.1) is 0 Å². The van der Waals surface area contributed by atoms with Gasteiger partial charge in [0.05, 0.1) is 39.4 Å². The van der Waals surface area contributed by atoms with Gasteiger partial charge in [0.15, 0.2) is 0 Å². The van der Waals surface area contributed by atoms with Crippen LogP contribution < -0.4 is 9.64 Å². The number of benzene rings is 1. The number of rotatable bonds is 7. The first-order valence-corrected chi connectivity index (χ1v) is 9.56. The van der Waals surface area contributed by atoms with E-state index in [4.69, 9.17) is 4.74 Å². The van der Waals surface area contributed by atoms with Gasteiger partial charge in [0.2, 0.25) is 0 Å². The minimum Gasteiger partial charge on any atom is -0.507 e. The number of likely N-dealkylation sites (tertiary alicyclic amines) is 1. The van der Waals surface area contributed by atoms with Crippen molar-refractivity contribution >= 4 is 17.4 Å². The number of pyridine rings is 1. The van der Waals surface area contributed by atoms with Crippen molar-refractivity contribution in [3.05, 3.63) is 65.5 Å². The summed E-state index contributed by atoms with van der Waals surface area (Å²) in [7, 11) is 5.62. The second kappa shape index (κ2) is 8.87. The number of carbonyl (C=O) groups is 2. The molecule has 2 N–H and O–H groups in total. The Hall–Kier alpha value is -3.19. The fourth-order valence-corrected chi connectivity index (χ4v) is 3.59. The van der Waals surface area contributed by atoms with Crippen LogP contribution in [0.25, 0.3) is 5.76 Å². The first-order chi connectivity index (χ1) is 14.0. The summed E-state index contributed by atoms with van der Waals surface area (Å²) in [5, 5.41) is 10.9. The molecule has 0 aliphatic carbocycles. The number of nitrogens with zero attached hydrogens (tertiary/aromatic N) is 2. The Kier molecular flexibility index (Phi) is 6.29. The van der Waals surface area contributed by atoms with E-state index in [2.05, 4.69) is 4.98 Å². The maximum absolute atomic E-state index is 12.9. The second-order valence-electron chi connectivity index (χ2n) is 7.28. The molecular weight excluding hydrogens is 370 g/mol. The summed E-state index contributed by atoms with van der Waals surface area (Å²) in [6.07, 6.45) is 3.79. The summed E-state index contributed by atoms with van der Waals surface area (Å²) in [4.78, 5) is 32.6. The van der Waals surface area contributed by atoms with E-state index >= 15 is 0 Å². The third-order valence-electron chi connectivity index (χ3n) is 5.00. The molecule has 1 aromatic heterocycles. The summed E-state index contributed by atoms with van der Waals surface area (Å²) in [6, 6.07) is 9.76. The zero-order valence-corrected chi connectivity index (χ0v) is 16.9. The Bertz CT molecular complexity index is 925. The van der Waals surface area contributed by atoms with E-state index in [1.807, 2.05) is 32.3 Å². The molecule has 152 valence electrons. The van der Waals surface area contributed by atoms with Crippen molar-refractivity contribution in [1.29, 1.82) is 0 Å². The molecule has 1 fully saturated rings. The van der Waals surface area contributed by atoms with Crippen molar-refractivity contribution < 1.29 is 24.3 Å². The van der Waals surface area contributed by atoms with Crippen LogP contribution in [0.3, 0.4) is 0 Å². The molecule has 0 unspecified atom stereocenters. The van der Waals surface area contributed by atoms with Gasteiger partial charge in [0.25, 0.3) is 11.7 Å². The highest BCUT2D eigenvalue weighted by atomic mass is 16.5. The van der Waals surface area contributed by atoms with Gasteiger partial charge >= 0.3 is 0 Å². The lowest BCUT2D eigenvalue weighted by Gasteiger charge is -2.26. The van der Waals surface area contributed by atoms with E-state index in [1.165, 1.54) is 22.2 Å². The van der Waals surface area contributed by atoms with Crippen molar-refractivity contribution in [2.75, 3.05) is 34.3 Å². The molecule has 1 aliphatic rings. The zero-order valence-electron chi connectivity index (χ0n) is 16.9. The molecule has 1 aromatic carbocycles. The molecule has 0 radical (unpaired) electrons. The third kappa shape index (κ3) is 4.14. The minimum absolute atomic E-state index is 0.0721. The normalized spacial score (nSPS) is 18.5. The molecule has 1 amide bonds. The van der Waals surface area contributed by atoms with Crippen LogP contribution in [0.4, 0.5) is 0 Å². The Morgan fingerprint density at radius 2 is 1.86 bits per heavy atom. The maximum Gasteiger partial charge on any atom is 0.295 e. The van der Waals surface area contributed by atoms with E-state index < -0.39 is 17.7 Å². The van der Waals surface area contributed by atoms with Gasteiger partial charge in [-0.25, -0.2) is 0 Å². The summed E-state index contributed by atoms with van der Waals surface area (Å²) in [6.45, 7) is 1.26. The number of quaternary nitrogens is 1. The van der Waals surface area contributed by atoms with Gasteiger partial charge in [-0.05, 0) is 18.2 Å². The summed E-state index contributed by atoms with van der Waals surface area (Å²) >= 11 is 0. The largest absolute Gasteiger partial charge is 0.507 e. The van der Waals surface area contributed by atoms with Crippen molar-refractivity contribution in [3.8, 4) is 5.75 Å². The molecule has 29 heavy (non-hydrogen) atoms. The van der Waals surface area contributed by atoms with Crippen LogP contribution in [0.5, 0.6) is 5.75 Å². The standard InChI is InChI=1S/C22H25N3O4/c1-24(2)13-6-14-25-19(16-7-4-5-8-17(16)29-3)18(21(27)22(25)28)20(26)15-9-11-23-12-10-15/h4-5,7-12,19,26H,6,13-14H2,1-3H3/p+1/b20-18+/t19-/m1/s1.